The summed E-state index contributed by atoms with van der Waals surface area (Å²) in [5.74, 6) is 0.653. The van der Waals surface area contributed by atoms with Crippen molar-refractivity contribution in [3.63, 3.8) is 0 Å². The molecule has 5 nitrogen and oxygen atoms in total. The second-order valence-electron chi connectivity index (χ2n) is 16.1. The molecule has 14 aromatic rings. The number of fused-ring (bicyclic) bond motifs is 15. The van der Waals surface area contributed by atoms with Crippen molar-refractivity contribution in [1.29, 1.82) is 0 Å². The zero-order chi connectivity index (χ0) is 39.8. The Morgan fingerprint density at radius 1 is 0.393 bits per heavy atom. The summed E-state index contributed by atoms with van der Waals surface area (Å²) in [6, 6.07) is 69.4. The SMILES string of the molecule is c1ccc(-c2ccc(-c3nc(-c4ccc(-n5c6ccccc6c6cc7c8ccccc8n8c9ccc%10ccccc%10c9c(c65)c78)cc4)nc4c3oc3ccccc34)cc2)cc1. The van der Waals surface area contributed by atoms with Gasteiger partial charge >= 0.3 is 0 Å². The van der Waals surface area contributed by atoms with E-state index in [1.165, 1.54) is 76.2 Å². The van der Waals surface area contributed by atoms with Crippen LogP contribution in [0.3, 0.4) is 0 Å². The largest absolute Gasteiger partial charge is 0.452 e. The highest BCUT2D eigenvalue weighted by Gasteiger charge is 2.26. The molecule has 0 bridgehead atoms. The molecule has 61 heavy (non-hydrogen) atoms. The molecule has 0 saturated heterocycles. The maximum Gasteiger partial charge on any atom is 0.180 e. The standard InChI is InChI=1S/C56H32N4O/c1-2-12-33(13-3-1)34-22-24-36(25-23-34)51-55-52(42-18-8-11-21-48(42)61-55)58-56(57-51)37-26-29-38(30-27-37)59-45-19-9-6-16-40(45)43-32-44-41-17-7-10-20-46(41)60-47-31-28-35-14-4-5-15-39(35)49(47)50(53(43)59)54(44)60/h1-32H. The summed E-state index contributed by atoms with van der Waals surface area (Å²) in [5.41, 5.74) is 14.5. The van der Waals surface area contributed by atoms with Gasteiger partial charge in [0, 0.05) is 54.5 Å². The number of hydrogen-bond acceptors (Lipinski definition) is 3. The Morgan fingerprint density at radius 3 is 1.84 bits per heavy atom. The van der Waals surface area contributed by atoms with Gasteiger partial charge in [-0.1, -0.05) is 133 Å². The summed E-state index contributed by atoms with van der Waals surface area (Å²) in [4.78, 5) is 10.5. The summed E-state index contributed by atoms with van der Waals surface area (Å²) in [6.45, 7) is 0. The maximum atomic E-state index is 6.49. The number of hydrogen-bond donors (Lipinski definition) is 0. The van der Waals surface area contributed by atoms with E-state index in [-0.39, 0.29) is 0 Å². The first-order chi connectivity index (χ1) is 30.3. The van der Waals surface area contributed by atoms with Crippen LogP contribution in [0.5, 0.6) is 0 Å². The Balaban J connectivity index is 1.01. The third-order valence-corrected chi connectivity index (χ3v) is 12.9. The minimum atomic E-state index is 0.653. The number of nitrogens with zero attached hydrogens (tertiary/aromatic N) is 4. The van der Waals surface area contributed by atoms with Crippen molar-refractivity contribution in [2.45, 2.75) is 0 Å². The van der Waals surface area contributed by atoms with Crippen molar-refractivity contribution in [2.75, 3.05) is 0 Å². The van der Waals surface area contributed by atoms with Gasteiger partial charge in [0.15, 0.2) is 11.4 Å². The first kappa shape index (κ1) is 32.7. The molecule has 0 radical (unpaired) electrons. The lowest BCUT2D eigenvalue weighted by Crippen LogP contribution is -1.96. The van der Waals surface area contributed by atoms with Gasteiger partial charge < -0.3 is 13.4 Å². The van der Waals surface area contributed by atoms with Crippen LogP contribution in [0, 0.1) is 0 Å². The quantitative estimate of drug-likeness (QED) is 0.179. The molecule has 0 aliphatic carbocycles. The lowest BCUT2D eigenvalue weighted by Gasteiger charge is -2.11. The number of para-hydroxylation sites is 3. The van der Waals surface area contributed by atoms with Crippen LogP contribution in [-0.2, 0) is 0 Å². The predicted octanol–water partition coefficient (Wildman–Crippen LogP) is 14.8. The fourth-order valence-corrected chi connectivity index (χ4v) is 10.2. The van der Waals surface area contributed by atoms with Gasteiger partial charge in [-0.05, 0) is 82.6 Å². The fourth-order valence-electron chi connectivity index (χ4n) is 10.2. The number of benzene rings is 9. The first-order valence-electron chi connectivity index (χ1n) is 20.7. The smallest absolute Gasteiger partial charge is 0.180 e. The summed E-state index contributed by atoms with van der Waals surface area (Å²) in [7, 11) is 0. The Hall–Kier alpha value is -8.28. The Labute approximate surface area is 348 Å². The molecule has 0 atom stereocenters. The molecule has 9 aromatic carbocycles. The zero-order valence-electron chi connectivity index (χ0n) is 32.7. The summed E-state index contributed by atoms with van der Waals surface area (Å²) in [6.07, 6.45) is 0. The molecule has 0 unspecified atom stereocenters. The molecule has 282 valence electrons. The highest BCUT2D eigenvalue weighted by Crippen LogP contribution is 2.48. The highest BCUT2D eigenvalue weighted by atomic mass is 16.3. The average Bonchev–Trinajstić information content (AvgIpc) is 4.07. The zero-order valence-corrected chi connectivity index (χ0v) is 32.7. The van der Waals surface area contributed by atoms with Crippen LogP contribution in [0.15, 0.2) is 199 Å². The van der Waals surface area contributed by atoms with E-state index in [9.17, 15) is 0 Å². The van der Waals surface area contributed by atoms with E-state index in [0.717, 1.165) is 44.6 Å². The molecular weight excluding hydrogens is 745 g/mol. The second kappa shape index (κ2) is 12.1. The minimum absolute atomic E-state index is 0.653. The van der Waals surface area contributed by atoms with Crippen molar-refractivity contribution in [3.05, 3.63) is 194 Å². The molecular formula is C56H32N4O. The van der Waals surface area contributed by atoms with Crippen molar-refractivity contribution in [3.8, 4) is 39.5 Å². The third kappa shape index (κ3) is 4.49. The van der Waals surface area contributed by atoms with Crippen molar-refractivity contribution in [2.24, 2.45) is 0 Å². The van der Waals surface area contributed by atoms with E-state index in [0.29, 0.717) is 11.4 Å². The molecule has 0 N–H and O–H groups in total. The molecule has 5 aromatic heterocycles. The molecule has 0 fully saturated rings. The van der Waals surface area contributed by atoms with Gasteiger partial charge in [0.25, 0.3) is 0 Å². The number of rotatable bonds is 4. The molecule has 0 aliphatic heterocycles. The molecule has 5 heterocycles. The van der Waals surface area contributed by atoms with Gasteiger partial charge in [0.05, 0.1) is 27.6 Å². The van der Waals surface area contributed by atoms with Gasteiger partial charge in [-0.25, -0.2) is 9.97 Å². The van der Waals surface area contributed by atoms with E-state index < -0.39 is 0 Å². The monoisotopic (exact) mass is 776 g/mol. The number of aromatic nitrogens is 4. The van der Waals surface area contributed by atoms with Crippen molar-refractivity contribution in [1.82, 2.24) is 18.9 Å². The molecule has 0 aliphatic rings. The lowest BCUT2D eigenvalue weighted by atomic mass is 9.99. The van der Waals surface area contributed by atoms with E-state index in [1.54, 1.807) is 0 Å². The van der Waals surface area contributed by atoms with Crippen LogP contribution in [-0.4, -0.2) is 18.9 Å². The van der Waals surface area contributed by atoms with E-state index >= 15 is 0 Å². The van der Waals surface area contributed by atoms with Crippen LogP contribution < -0.4 is 0 Å². The van der Waals surface area contributed by atoms with E-state index in [1.807, 2.05) is 24.3 Å². The predicted molar refractivity (Wildman–Crippen MR) is 252 cm³/mol. The molecule has 5 heteroatoms. The first-order valence-corrected chi connectivity index (χ1v) is 20.7. The highest BCUT2D eigenvalue weighted by molar-refractivity contribution is 6.37. The van der Waals surface area contributed by atoms with Crippen molar-refractivity contribution >= 4 is 92.7 Å². The van der Waals surface area contributed by atoms with E-state index in [4.69, 9.17) is 14.4 Å². The van der Waals surface area contributed by atoms with Crippen LogP contribution in [0.1, 0.15) is 0 Å². The van der Waals surface area contributed by atoms with Crippen LogP contribution >= 0.6 is 0 Å². The van der Waals surface area contributed by atoms with Gasteiger partial charge in [-0.3, -0.25) is 0 Å². The van der Waals surface area contributed by atoms with Crippen LogP contribution in [0.4, 0.5) is 0 Å². The Bertz CT molecular complexity index is 4080. The Morgan fingerprint density at radius 2 is 1.02 bits per heavy atom. The van der Waals surface area contributed by atoms with Gasteiger partial charge in [0.2, 0.25) is 0 Å². The molecule has 14 rings (SSSR count). The normalized spacial score (nSPS) is 12.3. The van der Waals surface area contributed by atoms with Crippen molar-refractivity contribution < 1.29 is 4.42 Å². The van der Waals surface area contributed by atoms with Gasteiger partial charge in [-0.2, -0.15) is 0 Å². The van der Waals surface area contributed by atoms with Crippen LogP contribution in [0.25, 0.3) is 132 Å². The molecule has 0 saturated carbocycles. The van der Waals surface area contributed by atoms with Gasteiger partial charge in [-0.15, -0.1) is 0 Å². The molecule has 0 amide bonds. The maximum absolute atomic E-state index is 6.49. The van der Waals surface area contributed by atoms with E-state index in [2.05, 4.69) is 179 Å². The Kier molecular flexibility index (Phi) is 6.49. The third-order valence-electron chi connectivity index (χ3n) is 12.9. The molecule has 0 spiro atoms. The minimum Gasteiger partial charge on any atom is -0.452 e. The summed E-state index contributed by atoms with van der Waals surface area (Å²) in [5, 5.41) is 11.1. The van der Waals surface area contributed by atoms with Gasteiger partial charge in [0.1, 0.15) is 16.8 Å². The fraction of sp³-hybridized carbons (Fsp3) is 0. The topological polar surface area (TPSA) is 48.3 Å². The van der Waals surface area contributed by atoms with Crippen LogP contribution in [0.2, 0.25) is 0 Å². The summed E-state index contributed by atoms with van der Waals surface area (Å²) < 4.78 is 11.5. The number of furan rings is 1. The average molecular weight is 777 g/mol. The lowest BCUT2D eigenvalue weighted by molar-refractivity contribution is 0.667. The second-order valence-corrected chi connectivity index (χ2v) is 16.1. The summed E-state index contributed by atoms with van der Waals surface area (Å²) >= 11 is 0.